The van der Waals surface area contributed by atoms with Crippen LogP contribution >= 0.6 is 0 Å². The number of carbonyl (C=O) groups excluding carboxylic acids is 1. The number of nitrogens with zero attached hydrogens (tertiary/aromatic N) is 4. The SMILES string of the molecule is O=C(c1cc2cnc(-c3ccccc3)nc2[nH]1)N1CCN(CCC2CCCCC2)CC1. The molecule has 1 aliphatic carbocycles. The minimum Gasteiger partial charge on any atom is -0.335 e. The van der Waals surface area contributed by atoms with Crippen molar-refractivity contribution in [3.8, 4) is 11.4 Å². The maximum Gasteiger partial charge on any atom is 0.270 e. The number of nitrogens with one attached hydrogen (secondary N) is 1. The van der Waals surface area contributed by atoms with E-state index in [1.165, 1.54) is 45.1 Å². The van der Waals surface area contributed by atoms with Crippen LogP contribution in [0.2, 0.25) is 0 Å². The van der Waals surface area contributed by atoms with E-state index in [4.69, 9.17) is 0 Å². The standard InChI is InChI=1S/C25H31N5O/c31-25(30-15-13-29(14-16-30)12-11-19-7-3-1-4-8-19)22-17-21-18-26-23(28-24(21)27-22)20-9-5-2-6-10-20/h2,5-6,9-10,17-19H,1,3-4,7-8,11-16H2,(H,26,27,28). The Morgan fingerprint density at radius 1 is 1.03 bits per heavy atom. The van der Waals surface area contributed by atoms with Gasteiger partial charge in [-0.2, -0.15) is 0 Å². The number of hydrogen-bond acceptors (Lipinski definition) is 4. The van der Waals surface area contributed by atoms with Crippen LogP contribution < -0.4 is 0 Å². The van der Waals surface area contributed by atoms with Crippen LogP contribution in [0.5, 0.6) is 0 Å². The molecule has 1 amide bonds. The molecule has 2 aromatic heterocycles. The molecule has 1 aliphatic heterocycles. The van der Waals surface area contributed by atoms with Crippen molar-refractivity contribution in [2.45, 2.75) is 38.5 Å². The van der Waals surface area contributed by atoms with Crippen LogP contribution in [0.3, 0.4) is 0 Å². The molecule has 0 spiro atoms. The summed E-state index contributed by atoms with van der Waals surface area (Å²) in [5.74, 6) is 1.65. The van der Waals surface area contributed by atoms with Crippen molar-refractivity contribution in [3.05, 3.63) is 48.3 Å². The van der Waals surface area contributed by atoms with Crippen LogP contribution in [0.15, 0.2) is 42.6 Å². The topological polar surface area (TPSA) is 65.1 Å². The fourth-order valence-electron chi connectivity index (χ4n) is 4.94. The van der Waals surface area contributed by atoms with Crippen LogP contribution in [0.1, 0.15) is 49.0 Å². The molecule has 1 saturated heterocycles. The lowest BCUT2D eigenvalue weighted by Gasteiger charge is -2.35. The van der Waals surface area contributed by atoms with Crippen molar-refractivity contribution >= 4 is 16.9 Å². The number of benzene rings is 1. The normalized spacial score (nSPS) is 18.5. The first-order chi connectivity index (χ1) is 15.3. The van der Waals surface area contributed by atoms with Gasteiger partial charge in [0.25, 0.3) is 5.91 Å². The van der Waals surface area contributed by atoms with Crippen molar-refractivity contribution in [1.29, 1.82) is 0 Å². The number of piperazine rings is 1. The van der Waals surface area contributed by atoms with Gasteiger partial charge in [-0.3, -0.25) is 9.69 Å². The Balaban J connectivity index is 1.19. The van der Waals surface area contributed by atoms with E-state index in [9.17, 15) is 4.79 Å². The summed E-state index contributed by atoms with van der Waals surface area (Å²) in [6.07, 6.45) is 10.2. The molecule has 1 saturated carbocycles. The smallest absolute Gasteiger partial charge is 0.270 e. The maximum atomic E-state index is 13.1. The van der Waals surface area contributed by atoms with Gasteiger partial charge in [0.15, 0.2) is 5.82 Å². The summed E-state index contributed by atoms with van der Waals surface area (Å²) in [5, 5.41) is 0.870. The largest absolute Gasteiger partial charge is 0.335 e. The van der Waals surface area contributed by atoms with E-state index in [1.54, 1.807) is 6.20 Å². The molecule has 5 rings (SSSR count). The summed E-state index contributed by atoms with van der Waals surface area (Å²) in [6, 6.07) is 11.8. The second-order valence-corrected chi connectivity index (χ2v) is 8.97. The molecule has 6 nitrogen and oxygen atoms in total. The molecule has 31 heavy (non-hydrogen) atoms. The number of amides is 1. The summed E-state index contributed by atoms with van der Waals surface area (Å²) < 4.78 is 0. The molecule has 3 heterocycles. The molecule has 2 fully saturated rings. The highest BCUT2D eigenvalue weighted by Crippen LogP contribution is 2.26. The second kappa shape index (κ2) is 9.18. The van der Waals surface area contributed by atoms with E-state index < -0.39 is 0 Å². The molecule has 3 aromatic rings. The predicted octanol–water partition coefficient (Wildman–Crippen LogP) is 4.35. The first-order valence-corrected chi connectivity index (χ1v) is 11.7. The van der Waals surface area contributed by atoms with E-state index in [-0.39, 0.29) is 5.91 Å². The molecule has 0 radical (unpaired) electrons. The highest BCUT2D eigenvalue weighted by Gasteiger charge is 2.24. The number of hydrogen-bond donors (Lipinski definition) is 1. The van der Waals surface area contributed by atoms with Gasteiger partial charge in [0.2, 0.25) is 0 Å². The summed E-state index contributed by atoms with van der Waals surface area (Å²) >= 11 is 0. The van der Waals surface area contributed by atoms with Crippen molar-refractivity contribution < 1.29 is 4.79 Å². The van der Waals surface area contributed by atoms with Gasteiger partial charge in [0.05, 0.1) is 0 Å². The van der Waals surface area contributed by atoms with E-state index in [0.29, 0.717) is 17.2 Å². The van der Waals surface area contributed by atoms with Crippen molar-refractivity contribution in [1.82, 2.24) is 24.8 Å². The summed E-state index contributed by atoms with van der Waals surface area (Å²) in [7, 11) is 0. The molecule has 0 bridgehead atoms. The zero-order valence-electron chi connectivity index (χ0n) is 18.1. The quantitative estimate of drug-likeness (QED) is 0.670. The fourth-order valence-corrected chi connectivity index (χ4v) is 4.94. The van der Waals surface area contributed by atoms with Gasteiger partial charge in [-0.05, 0) is 24.9 Å². The Morgan fingerprint density at radius 3 is 2.58 bits per heavy atom. The summed E-state index contributed by atoms with van der Waals surface area (Å²) in [5.41, 5.74) is 2.28. The lowest BCUT2D eigenvalue weighted by Crippen LogP contribution is -2.49. The number of carbonyl (C=O) groups is 1. The number of aromatic amines is 1. The number of fused-ring (bicyclic) bond motifs is 1. The monoisotopic (exact) mass is 417 g/mol. The molecule has 6 heteroatoms. The van der Waals surface area contributed by atoms with Gasteiger partial charge in [0.1, 0.15) is 11.3 Å². The third-order valence-electron chi connectivity index (χ3n) is 6.87. The van der Waals surface area contributed by atoms with Gasteiger partial charge in [-0.15, -0.1) is 0 Å². The molecular formula is C25H31N5O. The van der Waals surface area contributed by atoms with Gasteiger partial charge >= 0.3 is 0 Å². The predicted molar refractivity (Wildman–Crippen MR) is 123 cm³/mol. The summed E-state index contributed by atoms with van der Waals surface area (Å²) in [4.78, 5) is 29.9. The fraction of sp³-hybridized carbons (Fsp3) is 0.480. The first-order valence-electron chi connectivity index (χ1n) is 11.7. The van der Waals surface area contributed by atoms with E-state index in [1.807, 2.05) is 41.3 Å². The minimum atomic E-state index is 0.0613. The van der Waals surface area contributed by atoms with Gasteiger partial charge in [-0.25, -0.2) is 9.97 Å². The minimum absolute atomic E-state index is 0.0613. The van der Waals surface area contributed by atoms with Crippen LogP contribution in [-0.4, -0.2) is 63.4 Å². The number of H-pyrrole nitrogens is 1. The van der Waals surface area contributed by atoms with Crippen LogP contribution in [0.25, 0.3) is 22.4 Å². The van der Waals surface area contributed by atoms with Crippen molar-refractivity contribution in [2.75, 3.05) is 32.7 Å². The molecule has 162 valence electrons. The first kappa shape index (κ1) is 20.2. The van der Waals surface area contributed by atoms with Gasteiger partial charge in [0, 0.05) is 43.3 Å². The van der Waals surface area contributed by atoms with Crippen molar-refractivity contribution in [2.24, 2.45) is 5.92 Å². The zero-order valence-corrected chi connectivity index (χ0v) is 18.1. The van der Waals surface area contributed by atoms with Gasteiger partial charge < -0.3 is 9.88 Å². The summed E-state index contributed by atoms with van der Waals surface area (Å²) in [6.45, 7) is 4.70. The highest BCUT2D eigenvalue weighted by molar-refractivity contribution is 5.97. The Hall–Kier alpha value is -2.73. The average Bonchev–Trinajstić information content (AvgIpc) is 3.27. The van der Waals surface area contributed by atoms with E-state index in [2.05, 4.69) is 19.9 Å². The third-order valence-corrected chi connectivity index (χ3v) is 6.87. The van der Waals surface area contributed by atoms with E-state index >= 15 is 0 Å². The average molecular weight is 418 g/mol. The second-order valence-electron chi connectivity index (χ2n) is 8.97. The molecule has 0 atom stereocenters. The lowest BCUT2D eigenvalue weighted by molar-refractivity contribution is 0.0622. The lowest BCUT2D eigenvalue weighted by atomic mass is 9.87. The Labute approximate surface area is 183 Å². The highest BCUT2D eigenvalue weighted by atomic mass is 16.2. The van der Waals surface area contributed by atoms with Crippen molar-refractivity contribution in [3.63, 3.8) is 0 Å². The maximum absolute atomic E-state index is 13.1. The number of rotatable bonds is 5. The molecular weight excluding hydrogens is 386 g/mol. The van der Waals surface area contributed by atoms with Gasteiger partial charge in [-0.1, -0.05) is 62.4 Å². The molecule has 1 N–H and O–H groups in total. The van der Waals surface area contributed by atoms with Crippen LogP contribution in [0.4, 0.5) is 0 Å². The molecule has 0 unspecified atom stereocenters. The number of aromatic nitrogens is 3. The Kier molecular flexibility index (Phi) is 5.98. The van der Waals surface area contributed by atoms with Crippen LogP contribution in [-0.2, 0) is 0 Å². The zero-order chi connectivity index (χ0) is 21.0. The third kappa shape index (κ3) is 4.64. The van der Waals surface area contributed by atoms with E-state index in [0.717, 1.165) is 43.0 Å². The Bertz CT molecular complexity index is 1020. The molecule has 1 aromatic carbocycles. The Morgan fingerprint density at radius 2 is 1.81 bits per heavy atom. The molecule has 2 aliphatic rings. The van der Waals surface area contributed by atoms with Crippen LogP contribution in [0, 0.1) is 5.92 Å².